The molecule has 0 fully saturated rings. The van der Waals surface area contributed by atoms with Gasteiger partial charge in [0.05, 0.1) is 10.7 Å². The molecule has 0 spiro atoms. The molecule has 2 aliphatic rings. The molecule has 0 bridgehead atoms. The number of nitrogens with zero attached hydrogens (tertiary/aromatic N) is 1. The minimum atomic E-state index is 0.903. The molecule has 0 unspecified atom stereocenters. The van der Waals surface area contributed by atoms with Crippen LogP contribution in [-0.4, -0.2) is 4.90 Å². The fourth-order valence-corrected chi connectivity index (χ4v) is 4.21. The molecule has 1 aliphatic carbocycles. The minimum absolute atomic E-state index is 0.903. The van der Waals surface area contributed by atoms with Crippen molar-refractivity contribution in [1.29, 1.82) is 0 Å². The van der Waals surface area contributed by atoms with Gasteiger partial charge in [-0.1, -0.05) is 72.9 Å². The van der Waals surface area contributed by atoms with Crippen molar-refractivity contribution >= 4 is 17.5 Å². The van der Waals surface area contributed by atoms with Crippen molar-refractivity contribution in [3.05, 3.63) is 87.8 Å². The zero-order chi connectivity index (χ0) is 14.2. The first kappa shape index (κ1) is 12.8. The molecule has 0 aromatic heterocycles. The highest BCUT2D eigenvalue weighted by Gasteiger charge is 2.31. The smallest absolute Gasteiger partial charge is 0.0728 e. The molecule has 21 heavy (non-hydrogen) atoms. The molecule has 1 heterocycles. The molecule has 0 amide bonds. The summed E-state index contributed by atoms with van der Waals surface area (Å²) in [6, 6.07) is 19.4. The number of hydrogen-bond donors (Lipinski definition) is 0. The van der Waals surface area contributed by atoms with Gasteiger partial charge in [0.1, 0.15) is 0 Å². The van der Waals surface area contributed by atoms with Gasteiger partial charge >= 0.3 is 0 Å². The molecule has 0 radical (unpaired) electrons. The Labute approximate surface area is 130 Å². The molecular weight excluding hydrogens is 274 g/mol. The lowest BCUT2D eigenvalue weighted by molar-refractivity contribution is 0.517. The maximum Gasteiger partial charge on any atom is 0.0728 e. The maximum atomic E-state index is 4.28. The highest BCUT2D eigenvalue weighted by molar-refractivity contribution is 8.07. The molecule has 0 saturated carbocycles. The van der Waals surface area contributed by atoms with Crippen LogP contribution in [0.5, 0.6) is 0 Å². The largest absolute Gasteiger partial charge is 0.331 e. The van der Waals surface area contributed by atoms with Gasteiger partial charge in [0.15, 0.2) is 0 Å². The molecular formula is C19H17NS. The number of rotatable bonds is 2. The Hall–Kier alpha value is -1.93. The Kier molecular flexibility index (Phi) is 3.12. The first-order valence-corrected chi connectivity index (χ1v) is 8.14. The summed E-state index contributed by atoms with van der Waals surface area (Å²) in [5.41, 5.74) is 5.57. The van der Waals surface area contributed by atoms with E-state index in [0.29, 0.717) is 0 Å². The van der Waals surface area contributed by atoms with Gasteiger partial charge in [-0.15, -0.1) is 0 Å². The van der Waals surface area contributed by atoms with Crippen LogP contribution in [0.25, 0.3) is 5.70 Å². The van der Waals surface area contributed by atoms with Gasteiger partial charge in [-0.05, 0) is 24.0 Å². The van der Waals surface area contributed by atoms with E-state index in [4.69, 9.17) is 0 Å². The lowest BCUT2D eigenvalue weighted by atomic mass is 9.94. The normalized spacial score (nSPS) is 17.0. The van der Waals surface area contributed by atoms with Crippen LogP contribution in [0.1, 0.15) is 23.1 Å². The first-order valence-electron chi connectivity index (χ1n) is 7.32. The van der Waals surface area contributed by atoms with E-state index in [-0.39, 0.29) is 0 Å². The third-order valence-electron chi connectivity index (χ3n) is 4.15. The third-order valence-corrected chi connectivity index (χ3v) is 5.25. The number of allylic oxidation sites excluding steroid dienone is 1. The maximum absolute atomic E-state index is 4.28. The average molecular weight is 291 g/mol. The van der Waals surface area contributed by atoms with Crippen LogP contribution in [0.15, 0.2) is 71.1 Å². The predicted octanol–water partition coefficient (Wildman–Crippen LogP) is 5.02. The van der Waals surface area contributed by atoms with Crippen LogP contribution in [0.3, 0.4) is 0 Å². The van der Waals surface area contributed by atoms with Gasteiger partial charge < -0.3 is 4.90 Å². The zero-order valence-electron chi connectivity index (χ0n) is 11.9. The molecule has 1 nitrogen and oxygen atoms in total. The molecule has 2 aromatic carbocycles. The van der Waals surface area contributed by atoms with Gasteiger partial charge in [-0.3, -0.25) is 0 Å². The van der Waals surface area contributed by atoms with Gasteiger partial charge in [-0.25, -0.2) is 0 Å². The number of aryl methyl sites for hydroxylation is 1. The second-order valence-electron chi connectivity index (χ2n) is 5.50. The van der Waals surface area contributed by atoms with Crippen LogP contribution < -0.4 is 0 Å². The van der Waals surface area contributed by atoms with E-state index in [9.17, 15) is 0 Å². The van der Waals surface area contributed by atoms with Crippen LogP contribution in [0.4, 0.5) is 0 Å². The summed E-state index contributed by atoms with van der Waals surface area (Å²) in [6.07, 6.45) is 2.29. The summed E-state index contributed by atoms with van der Waals surface area (Å²) in [7, 11) is 0. The Morgan fingerprint density at radius 1 is 0.952 bits per heavy atom. The molecule has 1 aliphatic heterocycles. The van der Waals surface area contributed by atoms with Crippen LogP contribution in [-0.2, 0) is 13.0 Å². The molecule has 0 atom stereocenters. The van der Waals surface area contributed by atoms with E-state index < -0.39 is 0 Å². The van der Waals surface area contributed by atoms with Crippen LogP contribution in [0.2, 0.25) is 0 Å². The van der Waals surface area contributed by atoms with Crippen LogP contribution >= 0.6 is 11.8 Å². The lowest BCUT2D eigenvalue weighted by Gasteiger charge is -2.26. The van der Waals surface area contributed by atoms with Crippen molar-refractivity contribution in [2.24, 2.45) is 0 Å². The number of fused-ring (bicyclic) bond motifs is 2. The van der Waals surface area contributed by atoms with E-state index in [2.05, 4.69) is 66.1 Å². The average Bonchev–Trinajstić information content (AvgIpc) is 2.85. The highest BCUT2D eigenvalue weighted by Crippen LogP contribution is 2.50. The molecule has 2 heteroatoms. The quantitative estimate of drug-likeness (QED) is 0.764. The summed E-state index contributed by atoms with van der Waals surface area (Å²) in [5, 5.41) is 1.15. The van der Waals surface area contributed by atoms with E-state index >= 15 is 0 Å². The first-order chi connectivity index (χ1) is 10.3. The number of hydrogen-bond acceptors (Lipinski definition) is 2. The van der Waals surface area contributed by atoms with E-state index in [1.54, 1.807) is 0 Å². The van der Waals surface area contributed by atoms with Crippen molar-refractivity contribution in [2.45, 2.75) is 19.4 Å². The van der Waals surface area contributed by atoms with Gasteiger partial charge in [0, 0.05) is 17.0 Å². The summed E-state index contributed by atoms with van der Waals surface area (Å²) in [6.45, 7) is 5.18. The van der Waals surface area contributed by atoms with E-state index in [1.165, 1.54) is 27.3 Å². The summed E-state index contributed by atoms with van der Waals surface area (Å²) in [4.78, 5) is 3.86. The molecule has 0 saturated heterocycles. The van der Waals surface area contributed by atoms with Crippen molar-refractivity contribution in [3.8, 4) is 0 Å². The fourth-order valence-electron chi connectivity index (χ4n) is 3.14. The predicted molar refractivity (Wildman–Crippen MR) is 90.4 cm³/mol. The van der Waals surface area contributed by atoms with E-state index in [0.717, 1.165) is 24.4 Å². The highest BCUT2D eigenvalue weighted by atomic mass is 32.2. The summed E-state index contributed by atoms with van der Waals surface area (Å²) < 4.78 is 0. The second kappa shape index (κ2) is 5.12. The number of thioether (sulfide) groups is 1. The number of benzene rings is 2. The fraction of sp³-hybridized carbons (Fsp3) is 0.158. The second-order valence-corrected chi connectivity index (χ2v) is 6.66. The SMILES string of the molecule is C=C1SC2=C(c3ccccc3CC2)N1Cc1ccccc1. The van der Waals surface area contributed by atoms with Gasteiger partial charge in [0.25, 0.3) is 0 Å². The van der Waals surface area contributed by atoms with Crippen molar-refractivity contribution < 1.29 is 0 Å². The van der Waals surface area contributed by atoms with Gasteiger partial charge in [-0.2, -0.15) is 0 Å². The van der Waals surface area contributed by atoms with Crippen molar-refractivity contribution in [1.82, 2.24) is 4.90 Å². The summed E-state index contributed by atoms with van der Waals surface area (Å²) >= 11 is 1.85. The Morgan fingerprint density at radius 2 is 1.71 bits per heavy atom. The third kappa shape index (κ3) is 2.20. The molecule has 0 N–H and O–H groups in total. The van der Waals surface area contributed by atoms with Crippen LogP contribution in [0, 0.1) is 0 Å². The monoisotopic (exact) mass is 291 g/mol. The summed E-state index contributed by atoms with van der Waals surface area (Å²) in [5.74, 6) is 0. The van der Waals surface area contributed by atoms with Crippen molar-refractivity contribution in [3.63, 3.8) is 0 Å². The van der Waals surface area contributed by atoms with Crippen molar-refractivity contribution in [2.75, 3.05) is 0 Å². The zero-order valence-corrected chi connectivity index (χ0v) is 12.7. The minimum Gasteiger partial charge on any atom is -0.331 e. The topological polar surface area (TPSA) is 3.24 Å². The molecule has 104 valence electrons. The Bertz CT molecular complexity index is 730. The Balaban J connectivity index is 1.75. The molecule has 4 rings (SSSR count). The van der Waals surface area contributed by atoms with Gasteiger partial charge in [0.2, 0.25) is 0 Å². The standard InChI is InChI=1S/C19H17NS/c1-14-20(13-15-7-3-2-4-8-15)19-17-10-6-5-9-16(17)11-12-18(19)21-14/h2-10H,1,11-13H2. The molecule has 2 aromatic rings. The Morgan fingerprint density at radius 3 is 2.57 bits per heavy atom. The van der Waals surface area contributed by atoms with E-state index in [1.807, 2.05) is 11.8 Å². The lowest BCUT2D eigenvalue weighted by Crippen LogP contribution is -2.18.